The number of nitrogens with one attached hydrogen (secondary N) is 2. The molecule has 3 aromatic rings. The summed E-state index contributed by atoms with van der Waals surface area (Å²) in [6.07, 6.45) is 2.86. The predicted molar refractivity (Wildman–Crippen MR) is 124 cm³/mol. The number of anilines is 2. The summed E-state index contributed by atoms with van der Waals surface area (Å²) in [4.78, 5) is 38.5. The molecule has 0 aliphatic heterocycles. The van der Waals surface area contributed by atoms with Gasteiger partial charge in [0.05, 0.1) is 16.4 Å². The Morgan fingerprint density at radius 1 is 1.12 bits per heavy atom. The first-order chi connectivity index (χ1) is 15.4. The average molecular weight is 473 g/mol. The van der Waals surface area contributed by atoms with Crippen LogP contribution in [0.1, 0.15) is 11.3 Å². The third-order valence-electron chi connectivity index (χ3n) is 3.92. The van der Waals surface area contributed by atoms with Crippen LogP contribution in [0.4, 0.5) is 20.9 Å². The Balaban J connectivity index is 1.41. The van der Waals surface area contributed by atoms with Gasteiger partial charge in [-0.3, -0.25) is 25.0 Å². The summed E-state index contributed by atoms with van der Waals surface area (Å²) in [7, 11) is 0. The van der Waals surface area contributed by atoms with Crippen LogP contribution in [0.5, 0.6) is 0 Å². The Bertz CT molecular complexity index is 1130. The summed E-state index contributed by atoms with van der Waals surface area (Å²) in [5, 5.41) is 18.2. The van der Waals surface area contributed by atoms with E-state index in [0.29, 0.717) is 22.1 Å². The zero-order chi connectivity index (χ0) is 22.9. The molecule has 0 atom stereocenters. The van der Waals surface area contributed by atoms with Crippen molar-refractivity contribution in [2.24, 2.45) is 0 Å². The van der Waals surface area contributed by atoms with E-state index < -0.39 is 4.92 Å². The van der Waals surface area contributed by atoms with Crippen molar-refractivity contribution in [3.63, 3.8) is 0 Å². The molecular formula is C21H17FN4O4S2. The van der Waals surface area contributed by atoms with Crippen molar-refractivity contribution >= 4 is 57.5 Å². The lowest BCUT2D eigenvalue weighted by Crippen LogP contribution is -2.14. The molecule has 2 N–H and O–H groups in total. The van der Waals surface area contributed by atoms with Crippen molar-refractivity contribution in [1.29, 1.82) is 0 Å². The van der Waals surface area contributed by atoms with Gasteiger partial charge in [-0.25, -0.2) is 9.37 Å². The van der Waals surface area contributed by atoms with Gasteiger partial charge in [0.15, 0.2) is 5.13 Å². The van der Waals surface area contributed by atoms with Crippen LogP contribution in [-0.4, -0.2) is 27.5 Å². The predicted octanol–water partition coefficient (Wildman–Crippen LogP) is 4.71. The Morgan fingerprint density at radius 3 is 2.53 bits per heavy atom. The number of hydrogen-bond donors (Lipinski definition) is 2. The summed E-state index contributed by atoms with van der Waals surface area (Å²) < 4.78 is 12.9. The Kier molecular flexibility index (Phi) is 8.06. The number of nitrogens with zero attached hydrogens (tertiary/aromatic N) is 2. The highest BCUT2D eigenvalue weighted by molar-refractivity contribution is 7.99. The van der Waals surface area contributed by atoms with Crippen LogP contribution in [0.2, 0.25) is 0 Å². The Hall–Kier alpha value is -3.57. The van der Waals surface area contributed by atoms with Crippen LogP contribution >= 0.6 is 23.1 Å². The van der Waals surface area contributed by atoms with E-state index in [2.05, 4.69) is 15.6 Å². The highest BCUT2D eigenvalue weighted by Crippen LogP contribution is 2.20. The first-order valence-corrected chi connectivity index (χ1v) is 11.2. The van der Waals surface area contributed by atoms with Crippen molar-refractivity contribution in [2.45, 2.75) is 5.75 Å². The molecule has 0 saturated carbocycles. The Morgan fingerprint density at radius 2 is 1.84 bits per heavy atom. The van der Waals surface area contributed by atoms with Crippen LogP contribution < -0.4 is 10.6 Å². The minimum Gasteiger partial charge on any atom is -0.325 e. The molecule has 0 bridgehead atoms. The lowest BCUT2D eigenvalue weighted by atomic mass is 10.2. The third-order valence-corrected chi connectivity index (χ3v) is 5.70. The number of thioether (sulfide) groups is 1. The first kappa shape index (κ1) is 23.1. The van der Waals surface area contributed by atoms with Gasteiger partial charge in [0.25, 0.3) is 5.69 Å². The largest absolute Gasteiger partial charge is 0.325 e. The molecule has 1 heterocycles. The number of nitro benzene ring substituents is 1. The Labute approximate surface area is 190 Å². The van der Waals surface area contributed by atoms with Gasteiger partial charge in [-0.05, 0) is 48.0 Å². The van der Waals surface area contributed by atoms with Gasteiger partial charge in [-0.15, -0.1) is 23.1 Å². The number of amides is 2. The number of aromatic nitrogens is 1. The molecule has 0 aliphatic rings. The normalized spacial score (nSPS) is 10.8. The number of carbonyl (C=O) groups is 2. The number of carbonyl (C=O) groups excluding carboxylic acids is 2. The molecule has 2 aromatic carbocycles. The number of rotatable bonds is 9. The van der Waals surface area contributed by atoms with Crippen LogP contribution in [0.25, 0.3) is 6.08 Å². The van der Waals surface area contributed by atoms with E-state index in [1.54, 1.807) is 23.6 Å². The van der Waals surface area contributed by atoms with Gasteiger partial charge in [0, 0.05) is 35.0 Å². The highest BCUT2D eigenvalue weighted by Gasteiger charge is 2.08. The summed E-state index contributed by atoms with van der Waals surface area (Å²) in [6.45, 7) is 0. The maximum atomic E-state index is 12.9. The fourth-order valence-electron chi connectivity index (χ4n) is 2.44. The third kappa shape index (κ3) is 7.29. The summed E-state index contributed by atoms with van der Waals surface area (Å²) >= 11 is 2.63. The van der Waals surface area contributed by atoms with Crippen molar-refractivity contribution in [1.82, 2.24) is 4.98 Å². The molecule has 0 saturated heterocycles. The monoisotopic (exact) mass is 472 g/mol. The molecule has 0 fully saturated rings. The van der Waals surface area contributed by atoms with E-state index in [1.807, 2.05) is 0 Å². The number of hydrogen-bond acceptors (Lipinski definition) is 7. The molecule has 11 heteroatoms. The van der Waals surface area contributed by atoms with Crippen LogP contribution in [0.3, 0.4) is 0 Å². The van der Waals surface area contributed by atoms with Crippen LogP contribution in [0, 0.1) is 15.9 Å². The summed E-state index contributed by atoms with van der Waals surface area (Å²) in [6, 6.07) is 11.3. The van der Waals surface area contributed by atoms with Gasteiger partial charge in [-0.2, -0.15) is 0 Å². The molecule has 1 aromatic heterocycles. The second-order valence-electron chi connectivity index (χ2n) is 6.36. The van der Waals surface area contributed by atoms with Gasteiger partial charge < -0.3 is 5.32 Å². The molecular weight excluding hydrogens is 455 g/mol. The quantitative estimate of drug-likeness (QED) is 0.265. The fraction of sp³-hybridized carbons (Fsp3) is 0.0952. The maximum absolute atomic E-state index is 12.9. The molecule has 0 spiro atoms. The van der Waals surface area contributed by atoms with E-state index >= 15 is 0 Å². The number of thiazole rings is 1. The molecule has 2 amide bonds. The molecule has 8 nitrogen and oxygen atoms in total. The fourth-order valence-corrected chi connectivity index (χ4v) is 3.97. The van der Waals surface area contributed by atoms with Crippen molar-refractivity contribution in [3.05, 3.63) is 87.2 Å². The van der Waals surface area contributed by atoms with E-state index in [0.717, 1.165) is 5.69 Å². The SMILES string of the molecule is O=C(/C=C/c1ccc([N+](=O)[O-])cc1)Nc1nc(CSCC(=O)Nc2ccc(F)cc2)cs1. The number of benzene rings is 2. The van der Waals surface area contributed by atoms with Crippen LogP contribution in [0.15, 0.2) is 60.0 Å². The lowest BCUT2D eigenvalue weighted by Gasteiger charge is -2.04. The van der Waals surface area contributed by atoms with Gasteiger partial charge in [0.2, 0.25) is 11.8 Å². The molecule has 0 aliphatic carbocycles. The zero-order valence-electron chi connectivity index (χ0n) is 16.5. The van der Waals surface area contributed by atoms with E-state index in [-0.39, 0.29) is 29.1 Å². The van der Waals surface area contributed by atoms with Gasteiger partial charge in [-0.1, -0.05) is 0 Å². The standard InChI is InChI=1S/C21H17FN4O4S2/c22-15-4-6-16(7-5-15)23-20(28)13-31-11-17-12-32-21(24-17)25-19(27)10-3-14-1-8-18(9-2-14)26(29)30/h1-10,12H,11,13H2,(H,23,28)(H,24,25,27)/b10-3+. The minimum absolute atomic E-state index is 0.0206. The minimum atomic E-state index is -0.490. The highest BCUT2D eigenvalue weighted by atomic mass is 32.2. The van der Waals surface area contributed by atoms with Crippen molar-refractivity contribution < 1.29 is 18.9 Å². The summed E-state index contributed by atoms with van der Waals surface area (Å²) in [5.41, 5.74) is 1.88. The lowest BCUT2D eigenvalue weighted by molar-refractivity contribution is -0.384. The van der Waals surface area contributed by atoms with Crippen LogP contribution in [-0.2, 0) is 15.3 Å². The zero-order valence-corrected chi connectivity index (χ0v) is 18.1. The van der Waals surface area contributed by atoms with Gasteiger partial charge in [0.1, 0.15) is 5.82 Å². The molecule has 3 rings (SSSR count). The first-order valence-electron chi connectivity index (χ1n) is 9.20. The van der Waals surface area contributed by atoms with Crippen molar-refractivity contribution in [3.8, 4) is 0 Å². The number of non-ortho nitro benzene ring substituents is 1. The van der Waals surface area contributed by atoms with Gasteiger partial charge >= 0.3 is 0 Å². The van der Waals surface area contributed by atoms with E-state index in [9.17, 15) is 24.1 Å². The molecule has 32 heavy (non-hydrogen) atoms. The van der Waals surface area contributed by atoms with E-state index in [4.69, 9.17) is 0 Å². The summed E-state index contributed by atoms with van der Waals surface area (Å²) in [5.74, 6) is -0.265. The number of nitro groups is 1. The molecule has 0 unspecified atom stereocenters. The molecule has 0 radical (unpaired) electrons. The topological polar surface area (TPSA) is 114 Å². The smallest absolute Gasteiger partial charge is 0.269 e. The maximum Gasteiger partial charge on any atom is 0.269 e. The second kappa shape index (κ2) is 11.2. The number of halogens is 1. The van der Waals surface area contributed by atoms with Crippen molar-refractivity contribution in [2.75, 3.05) is 16.4 Å². The molecule has 164 valence electrons. The second-order valence-corrected chi connectivity index (χ2v) is 8.21. The van der Waals surface area contributed by atoms with E-state index in [1.165, 1.54) is 65.6 Å². The average Bonchev–Trinajstić information content (AvgIpc) is 3.21.